The van der Waals surface area contributed by atoms with Crippen molar-refractivity contribution in [1.82, 2.24) is 14.9 Å². The summed E-state index contributed by atoms with van der Waals surface area (Å²) >= 11 is 1.35. The first-order chi connectivity index (χ1) is 13.2. The first kappa shape index (κ1) is 16.6. The molecular weight excluding hydrogens is 360 g/mol. The number of nitrogens with one attached hydrogen (secondary N) is 2. The number of hydrogen-bond acceptors (Lipinski definition) is 7. The Kier molecular flexibility index (Phi) is 4.01. The van der Waals surface area contributed by atoms with E-state index in [1.54, 1.807) is 10.6 Å². The molecule has 2 bridgehead atoms. The van der Waals surface area contributed by atoms with Crippen molar-refractivity contribution in [2.75, 3.05) is 23.3 Å². The van der Waals surface area contributed by atoms with Crippen LogP contribution in [0.4, 0.5) is 11.5 Å². The lowest BCUT2D eigenvalue weighted by Gasteiger charge is -2.46. The van der Waals surface area contributed by atoms with Gasteiger partial charge >= 0.3 is 0 Å². The van der Waals surface area contributed by atoms with E-state index >= 15 is 0 Å². The standard InChI is InChI=1S/C19H20N6OS/c20-9-17-15(7-8-27-17)22-19(26)16-5-3-13-4-6-18(23-25(13)16)24-11-12-1-2-14(24)10-21-12/h3-8,12,14,19,21-22,26H,1-2,10-11H2/t12-,14-,19?/m1/s1. The molecule has 138 valence electrons. The fraction of sp³-hybridized carbons (Fsp3) is 0.368. The molecule has 3 saturated heterocycles. The van der Waals surface area contributed by atoms with Crippen LogP contribution in [0.25, 0.3) is 5.52 Å². The summed E-state index contributed by atoms with van der Waals surface area (Å²) < 4.78 is 1.79. The van der Waals surface area contributed by atoms with Crippen molar-refractivity contribution < 1.29 is 5.11 Å². The predicted octanol–water partition coefficient (Wildman–Crippen LogP) is 2.31. The topological polar surface area (TPSA) is 88.6 Å². The normalized spacial score (nSPS) is 22.7. The molecule has 3 aliphatic rings. The van der Waals surface area contributed by atoms with Crippen LogP contribution in [0.15, 0.2) is 35.7 Å². The second-order valence-corrected chi connectivity index (χ2v) is 8.01. The zero-order chi connectivity index (χ0) is 18.4. The van der Waals surface area contributed by atoms with E-state index < -0.39 is 6.23 Å². The van der Waals surface area contributed by atoms with Crippen molar-refractivity contribution in [3.63, 3.8) is 0 Å². The molecule has 0 amide bonds. The van der Waals surface area contributed by atoms with Gasteiger partial charge in [-0.25, -0.2) is 4.52 Å². The number of anilines is 2. The summed E-state index contributed by atoms with van der Waals surface area (Å²) in [7, 11) is 0. The maximum absolute atomic E-state index is 10.7. The smallest absolute Gasteiger partial charge is 0.168 e. The predicted molar refractivity (Wildman–Crippen MR) is 105 cm³/mol. The lowest BCUT2D eigenvalue weighted by Crippen LogP contribution is -2.61. The van der Waals surface area contributed by atoms with Crippen LogP contribution in [-0.2, 0) is 0 Å². The Labute approximate surface area is 160 Å². The molecule has 3 fully saturated rings. The Morgan fingerprint density at radius 1 is 1.30 bits per heavy atom. The molecule has 3 aromatic rings. The number of rotatable bonds is 4. The van der Waals surface area contributed by atoms with Crippen LogP contribution < -0.4 is 15.5 Å². The highest BCUT2D eigenvalue weighted by atomic mass is 32.1. The van der Waals surface area contributed by atoms with E-state index in [0.717, 1.165) is 24.4 Å². The molecule has 1 unspecified atom stereocenters. The van der Waals surface area contributed by atoms with Gasteiger partial charge < -0.3 is 20.6 Å². The number of nitrogens with zero attached hydrogens (tertiary/aromatic N) is 4. The minimum atomic E-state index is -0.948. The first-order valence-corrected chi connectivity index (χ1v) is 10.0. The molecule has 3 aromatic heterocycles. The lowest BCUT2D eigenvalue weighted by molar-refractivity contribution is 0.201. The van der Waals surface area contributed by atoms with Crippen molar-refractivity contribution in [1.29, 1.82) is 5.26 Å². The van der Waals surface area contributed by atoms with Crippen molar-refractivity contribution in [2.24, 2.45) is 0 Å². The largest absolute Gasteiger partial charge is 0.368 e. The Balaban J connectivity index is 1.46. The molecule has 3 N–H and O–H groups in total. The first-order valence-electron chi connectivity index (χ1n) is 9.14. The Hall–Kier alpha value is -2.60. The fourth-order valence-electron chi connectivity index (χ4n) is 4.08. The zero-order valence-corrected chi connectivity index (χ0v) is 15.5. The van der Waals surface area contributed by atoms with Crippen molar-refractivity contribution >= 4 is 28.4 Å². The van der Waals surface area contributed by atoms with Crippen LogP contribution in [0.1, 0.15) is 29.6 Å². The van der Waals surface area contributed by atoms with Gasteiger partial charge in [-0.15, -0.1) is 16.4 Å². The summed E-state index contributed by atoms with van der Waals surface area (Å²) in [5.41, 5.74) is 2.23. The number of fused-ring (bicyclic) bond motifs is 4. The molecule has 0 radical (unpaired) electrons. The molecule has 0 aromatic carbocycles. The van der Waals surface area contributed by atoms with E-state index in [-0.39, 0.29) is 0 Å². The molecule has 6 rings (SSSR count). The average molecular weight is 380 g/mol. The van der Waals surface area contributed by atoms with Crippen LogP contribution in [0.2, 0.25) is 0 Å². The van der Waals surface area contributed by atoms with Gasteiger partial charge in [0.05, 0.1) is 16.9 Å². The maximum atomic E-state index is 10.7. The number of aromatic nitrogens is 2. The van der Waals surface area contributed by atoms with Gasteiger partial charge in [0.1, 0.15) is 16.8 Å². The third kappa shape index (κ3) is 2.84. The fourth-order valence-corrected chi connectivity index (χ4v) is 4.73. The molecule has 0 aliphatic carbocycles. The SMILES string of the molecule is N#Cc1sccc1NC(O)c1ccc2ccc(N3C[C@H]4CC[C@@H]3CN4)nn12. The van der Waals surface area contributed by atoms with Gasteiger partial charge in [-0.1, -0.05) is 0 Å². The van der Waals surface area contributed by atoms with Gasteiger partial charge in [0.25, 0.3) is 0 Å². The molecule has 8 heteroatoms. The van der Waals surface area contributed by atoms with Crippen LogP contribution in [0, 0.1) is 11.3 Å². The van der Waals surface area contributed by atoms with Crippen LogP contribution >= 0.6 is 11.3 Å². The molecule has 6 heterocycles. The molecule has 7 nitrogen and oxygen atoms in total. The number of piperidine rings is 2. The van der Waals surface area contributed by atoms with Crippen molar-refractivity contribution in [3.05, 3.63) is 46.3 Å². The number of hydrogen-bond donors (Lipinski definition) is 3. The highest BCUT2D eigenvalue weighted by Crippen LogP contribution is 2.29. The van der Waals surface area contributed by atoms with E-state index in [9.17, 15) is 5.11 Å². The van der Waals surface area contributed by atoms with Gasteiger partial charge in [-0.05, 0) is 48.6 Å². The van der Waals surface area contributed by atoms with Gasteiger partial charge in [-0.2, -0.15) is 5.26 Å². The van der Waals surface area contributed by atoms with Gasteiger partial charge in [-0.3, -0.25) is 0 Å². The quantitative estimate of drug-likeness (QED) is 0.602. The molecular formula is C19H20N6OS. The van der Waals surface area contributed by atoms with E-state index in [1.807, 2.05) is 23.6 Å². The summed E-state index contributed by atoms with van der Waals surface area (Å²) in [4.78, 5) is 2.93. The van der Waals surface area contributed by atoms with Crippen LogP contribution in [0.3, 0.4) is 0 Å². The molecule has 0 saturated carbocycles. The van der Waals surface area contributed by atoms with Crippen molar-refractivity contribution in [3.8, 4) is 6.07 Å². The van der Waals surface area contributed by atoms with Gasteiger partial charge in [0.15, 0.2) is 6.23 Å². The summed E-state index contributed by atoms with van der Waals surface area (Å²) in [5, 5.41) is 33.1. The van der Waals surface area contributed by atoms with E-state index in [4.69, 9.17) is 10.4 Å². The minimum absolute atomic E-state index is 0.478. The number of thiophene rings is 1. The maximum Gasteiger partial charge on any atom is 0.168 e. The molecule has 3 atom stereocenters. The molecule has 3 aliphatic heterocycles. The van der Waals surface area contributed by atoms with Gasteiger partial charge in [0.2, 0.25) is 0 Å². The third-order valence-corrected chi connectivity index (χ3v) is 6.32. The van der Waals surface area contributed by atoms with E-state index in [2.05, 4.69) is 27.7 Å². The highest BCUT2D eigenvalue weighted by molar-refractivity contribution is 7.11. The summed E-state index contributed by atoms with van der Waals surface area (Å²) in [6.07, 6.45) is 1.47. The lowest BCUT2D eigenvalue weighted by atomic mass is 9.93. The highest BCUT2D eigenvalue weighted by Gasteiger charge is 2.34. The van der Waals surface area contributed by atoms with Crippen LogP contribution in [0.5, 0.6) is 0 Å². The Morgan fingerprint density at radius 2 is 2.19 bits per heavy atom. The molecule has 27 heavy (non-hydrogen) atoms. The second-order valence-electron chi connectivity index (χ2n) is 7.10. The monoisotopic (exact) mass is 380 g/mol. The summed E-state index contributed by atoms with van der Waals surface area (Å²) in [6, 6.07) is 12.9. The summed E-state index contributed by atoms with van der Waals surface area (Å²) in [5.74, 6) is 0.941. The zero-order valence-electron chi connectivity index (χ0n) is 14.7. The minimum Gasteiger partial charge on any atom is -0.368 e. The van der Waals surface area contributed by atoms with Crippen LogP contribution in [-0.4, -0.2) is 39.9 Å². The Morgan fingerprint density at radius 3 is 2.93 bits per heavy atom. The van der Waals surface area contributed by atoms with Gasteiger partial charge in [0, 0.05) is 25.2 Å². The average Bonchev–Trinajstić information content (AvgIpc) is 3.34. The van der Waals surface area contributed by atoms with Crippen molar-refractivity contribution in [2.45, 2.75) is 31.2 Å². The second kappa shape index (κ2) is 6.53. The number of aliphatic hydroxyl groups is 1. The third-order valence-electron chi connectivity index (χ3n) is 5.50. The number of piperazine rings is 1. The summed E-state index contributed by atoms with van der Waals surface area (Å²) in [6.45, 7) is 1.98. The van der Waals surface area contributed by atoms with E-state index in [0.29, 0.717) is 28.3 Å². The number of aliphatic hydroxyl groups excluding tert-OH is 1. The Bertz CT molecular complexity index is 1010. The molecule has 0 spiro atoms. The van der Waals surface area contributed by atoms with E-state index in [1.165, 1.54) is 24.2 Å². The number of nitriles is 1.